The molecule has 2 unspecified atom stereocenters. The maximum Gasteiger partial charge on any atom is 0.00506 e. The lowest BCUT2D eigenvalue weighted by Gasteiger charge is -2.45. The van der Waals surface area contributed by atoms with E-state index in [-0.39, 0.29) is 0 Å². The molecule has 1 heterocycles. The Morgan fingerprint density at radius 3 is 2.69 bits per heavy atom. The van der Waals surface area contributed by atoms with Crippen molar-refractivity contribution in [1.82, 2.24) is 0 Å². The maximum absolute atomic E-state index is 6.22. The van der Waals surface area contributed by atoms with Gasteiger partial charge in [0.05, 0.1) is 0 Å². The van der Waals surface area contributed by atoms with Crippen LogP contribution in [0.3, 0.4) is 0 Å². The van der Waals surface area contributed by atoms with Gasteiger partial charge in [0.2, 0.25) is 0 Å². The van der Waals surface area contributed by atoms with E-state index in [4.69, 9.17) is 5.73 Å². The molecule has 1 saturated carbocycles. The summed E-state index contributed by atoms with van der Waals surface area (Å²) in [5.74, 6) is 0. The van der Waals surface area contributed by atoms with Crippen molar-refractivity contribution in [2.24, 2.45) is 16.6 Å². The van der Waals surface area contributed by atoms with Crippen LogP contribution in [0, 0.1) is 10.8 Å². The number of thiophene rings is 1. The van der Waals surface area contributed by atoms with Crippen LogP contribution in [0.2, 0.25) is 0 Å². The van der Waals surface area contributed by atoms with E-state index in [2.05, 4.69) is 38.3 Å². The molecule has 0 amide bonds. The average molecular weight is 237 g/mol. The second kappa shape index (κ2) is 4.15. The molecule has 2 atom stereocenters. The van der Waals surface area contributed by atoms with Crippen molar-refractivity contribution in [3.8, 4) is 0 Å². The molecule has 0 spiro atoms. The number of hydrogen-bond acceptors (Lipinski definition) is 2. The van der Waals surface area contributed by atoms with E-state index in [1.54, 1.807) is 0 Å². The van der Waals surface area contributed by atoms with Gasteiger partial charge in [-0.25, -0.2) is 0 Å². The summed E-state index contributed by atoms with van der Waals surface area (Å²) in [5, 5.41) is 2.17. The molecule has 0 aromatic carbocycles. The molecule has 0 aliphatic heterocycles. The van der Waals surface area contributed by atoms with Crippen molar-refractivity contribution < 1.29 is 0 Å². The van der Waals surface area contributed by atoms with Crippen LogP contribution in [-0.2, 0) is 6.42 Å². The Bertz CT molecular complexity index is 342. The van der Waals surface area contributed by atoms with Crippen LogP contribution in [0.1, 0.15) is 44.9 Å². The Morgan fingerprint density at radius 2 is 2.12 bits per heavy atom. The third-order valence-electron chi connectivity index (χ3n) is 3.66. The molecular formula is C14H23NS. The lowest BCUT2D eigenvalue weighted by molar-refractivity contribution is 0.0843. The van der Waals surface area contributed by atoms with Crippen LogP contribution in [-0.4, -0.2) is 6.04 Å². The van der Waals surface area contributed by atoms with Crippen LogP contribution in [0.15, 0.2) is 17.5 Å². The summed E-state index contributed by atoms with van der Waals surface area (Å²) in [7, 11) is 0. The summed E-state index contributed by atoms with van der Waals surface area (Å²) in [6.07, 6.45) is 4.84. The molecule has 1 nitrogen and oxygen atoms in total. The van der Waals surface area contributed by atoms with Crippen molar-refractivity contribution in [1.29, 1.82) is 0 Å². The minimum absolute atomic E-state index is 0.383. The van der Waals surface area contributed by atoms with E-state index >= 15 is 0 Å². The molecule has 0 bridgehead atoms. The van der Waals surface area contributed by atoms with E-state index in [1.807, 2.05) is 11.3 Å². The van der Waals surface area contributed by atoms with Crippen LogP contribution >= 0.6 is 11.3 Å². The van der Waals surface area contributed by atoms with Gasteiger partial charge in [0.25, 0.3) is 0 Å². The lowest BCUT2D eigenvalue weighted by Crippen LogP contribution is -2.43. The van der Waals surface area contributed by atoms with Gasteiger partial charge in [0, 0.05) is 10.9 Å². The first-order chi connectivity index (χ1) is 7.39. The van der Waals surface area contributed by atoms with Gasteiger partial charge in [0.15, 0.2) is 0 Å². The third-order valence-corrected chi connectivity index (χ3v) is 4.53. The van der Waals surface area contributed by atoms with Gasteiger partial charge < -0.3 is 5.73 Å². The monoisotopic (exact) mass is 237 g/mol. The zero-order valence-electron chi connectivity index (χ0n) is 10.6. The van der Waals surface area contributed by atoms with Gasteiger partial charge >= 0.3 is 0 Å². The summed E-state index contributed by atoms with van der Waals surface area (Å²) in [6, 6.07) is 4.79. The van der Waals surface area contributed by atoms with Gasteiger partial charge in [-0.3, -0.25) is 0 Å². The normalized spacial score (nSPS) is 33.9. The van der Waals surface area contributed by atoms with Crippen molar-refractivity contribution in [3.05, 3.63) is 22.4 Å². The largest absolute Gasteiger partial charge is 0.328 e. The Morgan fingerprint density at radius 1 is 1.38 bits per heavy atom. The number of nitrogens with two attached hydrogens (primary N) is 1. The molecule has 2 rings (SSSR count). The molecule has 0 saturated heterocycles. The summed E-state index contributed by atoms with van der Waals surface area (Å²) >= 11 is 1.88. The Labute approximate surface area is 103 Å². The summed E-state index contributed by atoms with van der Waals surface area (Å²) in [5.41, 5.74) is 7.02. The van der Waals surface area contributed by atoms with Crippen LogP contribution < -0.4 is 5.73 Å². The van der Waals surface area contributed by atoms with Gasteiger partial charge in [-0.05, 0) is 48.0 Å². The molecule has 1 aliphatic carbocycles. The fourth-order valence-corrected chi connectivity index (χ4v) is 4.60. The van der Waals surface area contributed by atoms with E-state index in [0.717, 1.165) is 0 Å². The summed E-state index contributed by atoms with van der Waals surface area (Å²) in [4.78, 5) is 1.51. The molecule has 2 heteroatoms. The molecule has 16 heavy (non-hydrogen) atoms. The molecule has 90 valence electrons. The number of hydrogen-bond donors (Lipinski definition) is 1. The van der Waals surface area contributed by atoms with E-state index in [0.29, 0.717) is 16.9 Å². The average Bonchev–Trinajstić information content (AvgIpc) is 2.49. The summed E-state index contributed by atoms with van der Waals surface area (Å²) in [6.45, 7) is 7.13. The van der Waals surface area contributed by atoms with E-state index in [9.17, 15) is 0 Å². The van der Waals surface area contributed by atoms with Gasteiger partial charge in [0.1, 0.15) is 0 Å². The summed E-state index contributed by atoms with van der Waals surface area (Å²) < 4.78 is 0. The lowest BCUT2D eigenvalue weighted by atomic mass is 9.61. The maximum atomic E-state index is 6.22. The van der Waals surface area contributed by atoms with Crippen molar-refractivity contribution >= 4 is 11.3 Å². The van der Waals surface area contributed by atoms with Crippen LogP contribution in [0.25, 0.3) is 0 Å². The second-order valence-corrected chi connectivity index (χ2v) is 7.61. The first kappa shape index (κ1) is 12.1. The van der Waals surface area contributed by atoms with Gasteiger partial charge in [-0.2, -0.15) is 0 Å². The molecule has 1 aromatic heterocycles. The number of rotatable bonds is 2. The van der Waals surface area contributed by atoms with E-state index < -0.39 is 0 Å². The first-order valence-electron chi connectivity index (χ1n) is 6.17. The fraction of sp³-hybridized carbons (Fsp3) is 0.714. The highest BCUT2D eigenvalue weighted by Crippen LogP contribution is 2.47. The quantitative estimate of drug-likeness (QED) is 0.831. The highest BCUT2D eigenvalue weighted by molar-refractivity contribution is 7.09. The minimum atomic E-state index is 0.383. The zero-order valence-corrected chi connectivity index (χ0v) is 11.4. The van der Waals surface area contributed by atoms with Crippen LogP contribution in [0.5, 0.6) is 0 Å². The topological polar surface area (TPSA) is 26.0 Å². The molecule has 1 fully saturated rings. The highest BCUT2D eigenvalue weighted by atomic mass is 32.1. The third kappa shape index (κ3) is 2.86. The Hall–Kier alpha value is -0.340. The first-order valence-corrected chi connectivity index (χ1v) is 7.05. The molecule has 2 N–H and O–H groups in total. The van der Waals surface area contributed by atoms with E-state index in [1.165, 1.54) is 30.6 Å². The van der Waals surface area contributed by atoms with Crippen molar-refractivity contribution in [2.45, 2.75) is 52.5 Å². The molecule has 1 aromatic rings. The Balaban J connectivity index is 2.11. The smallest absolute Gasteiger partial charge is 0.00506 e. The zero-order chi connectivity index (χ0) is 11.8. The molecular weight excluding hydrogens is 214 g/mol. The SMILES string of the molecule is CC1(C)CC(N)CC(C)(Cc2cccs2)C1. The molecule has 0 radical (unpaired) electrons. The van der Waals surface area contributed by atoms with Crippen molar-refractivity contribution in [2.75, 3.05) is 0 Å². The van der Waals surface area contributed by atoms with Gasteiger partial charge in [-0.15, -0.1) is 11.3 Å². The van der Waals surface area contributed by atoms with Crippen LogP contribution in [0.4, 0.5) is 0 Å². The van der Waals surface area contributed by atoms with Crippen molar-refractivity contribution in [3.63, 3.8) is 0 Å². The predicted molar refractivity (Wildman–Crippen MR) is 71.7 cm³/mol. The molecule has 1 aliphatic rings. The van der Waals surface area contributed by atoms with Gasteiger partial charge in [-0.1, -0.05) is 26.8 Å². The highest BCUT2D eigenvalue weighted by Gasteiger charge is 2.39. The standard InChI is InChI=1S/C14H23NS/c1-13(2)7-11(15)8-14(3,10-13)9-12-5-4-6-16-12/h4-6,11H,7-10,15H2,1-3H3. The second-order valence-electron chi connectivity index (χ2n) is 6.58. The fourth-order valence-electron chi connectivity index (χ4n) is 3.68. The Kier molecular flexibility index (Phi) is 3.15. The minimum Gasteiger partial charge on any atom is -0.328 e. The predicted octanol–water partition coefficient (Wildman–Crippen LogP) is 3.83.